The van der Waals surface area contributed by atoms with Crippen molar-refractivity contribution in [1.82, 2.24) is 4.98 Å². The molecule has 0 aliphatic carbocycles. The molecule has 0 saturated heterocycles. The van der Waals surface area contributed by atoms with Crippen LogP contribution in [0.1, 0.15) is 4.88 Å². The molecular weight excluding hydrogens is 244 g/mol. The summed E-state index contributed by atoms with van der Waals surface area (Å²) in [4.78, 5) is 15.4. The summed E-state index contributed by atoms with van der Waals surface area (Å²) < 4.78 is 0. The van der Waals surface area contributed by atoms with Crippen LogP contribution < -0.4 is 0 Å². The predicted molar refractivity (Wildman–Crippen MR) is 66.9 cm³/mol. The molecule has 0 N–H and O–H groups in total. The van der Waals surface area contributed by atoms with Crippen molar-refractivity contribution in [2.45, 2.75) is 5.75 Å². The molecule has 82 valence electrons. The zero-order valence-electron chi connectivity index (χ0n) is 8.16. The summed E-state index contributed by atoms with van der Waals surface area (Å²) in [6.07, 6.45) is 0. The first-order valence-corrected chi connectivity index (χ1v) is 6.01. The van der Waals surface area contributed by atoms with Gasteiger partial charge in [0.15, 0.2) is 0 Å². The largest absolute Gasteiger partial charge is 0.269 e. The average Bonchev–Trinajstić information content (AvgIpc) is 2.77. The maximum absolute atomic E-state index is 10.5. The average molecular weight is 252 g/mol. The van der Waals surface area contributed by atoms with E-state index in [2.05, 4.69) is 17.6 Å². The van der Waals surface area contributed by atoms with Crippen LogP contribution in [0.2, 0.25) is 0 Å². The molecule has 0 amide bonds. The van der Waals surface area contributed by atoms with Crippen molar-refractivity contribution in [3.63, 3.8) is 0 Å². The van der Waals surface area contributed by atoms with E-state index in [1.54, 1.807) is 17.6 Å². The number of hydrogen-bond donors (Lipinski definition) is 1. The van der Waals surface area contributed by atoms with Gasteiger partial charge in [-0.15, -0.1) is 11.3 Å². The third-order valence-electron chi connectivity index (χ3n) is 2.14. The van der Waals surface area contributed by atoms with Gasteiger partial charge in [-0.25, -0.2) is 4.98 Å². The van der Waals surface area contributed by atoms with Gasteiger partial charge in [-0.1, -0.05) is 0 Å². The summed E-state index contributed by atoms with van der Waals surface area (Å²) in [5, 5.41) is 10.5. The van der Waals surface area contributed by atoms with Gasteiger partial charge < -0.3 is 0 Å². The Morgan fingerprint density at radius 2 is 2.06 bits per heavy atom. The van der Waals surface area contributed by atoms with Gasteiger partial charge in [-0.2, -0.15) is 12.6 Å². The number of nitrogens with zero attached hydrogens (tertiary/aromatic N) is 2. The highest BCUT2D eigenvalue weighted by Gasteiger charge is 2.09. The van der Waals surface area contributed by atoms with Crippen LogP contribution in [0, 0.1) is 10.1 Å². The van der Waals surface area contributed by atoms with Crippen molar-refractivity contribution in [2.24, 2.45) is 0 Å². The summed E-state index contributed by atoms with van der Waals surface area (Å²) in [6, 6.07) is 6.38. The van der Waals surface area contributed by atoms with Gasteiger partial charge >= 0.3 is 0 Å². The van der Waals surface area contributed by atoms with E-state index < -0.39 is 4.92 Å². The van der Waals surface area contributed by atoms with Gasteiger partial charge in [0, 0.05) is 28.3 Å². The van der Waals surface area contributed by atoms with E-state index in [4.69, 9.17) is 0 Å². The molecule has 0 spiro atoms. The second-order valence-electron chi connectivity index (χ2n) is 3.09. The number of thiol groups is 1. The lowest BCUT2D eigenvalue weighted by Crippen LogP contribution is -1.88. The lowest BCUT2D eigenvalue weighted by atomic mass is 10.1. The Kier molecular flexibility index (Phi) is 3.21. The first-order chi connectivity index (χ1) is 7.72. The molecule has 1 heterocycles. The van der Waals surface area contributed by atoms with Gasteiger partial charge in [0.1, 0.15) is 0 Å². The highest BCUT2D eigenvalue weighted by molar-refractivity contribution is 7.79. The van der Waals surface area contributed by atoms with Crippen LogP contribution in [-0.4, -0.2) is 9.91 Å². The van der Waals surface area contributed by atoms with Crippen molar-refractivity contribution in [2.75, 3.05) is 0 Å². The van der Waals surface area contributed by atoms with E-state index in [1.807, 2.05) is 0 Å². The van der Waals surface area contributed by atoms with Crippen LogP contribution in [-0.2, 0) is 5.75 Å². The Balaban J connectivity index is 2.38. The molecule has 0 fully saturated rings. The first kappa shape index (κ1) is 11.1. The van der Waals surface area contributed by atoms with Crippen molar-refractivity contribution in [1.29, 1.82) is 0 Å². The molecule has 0 aliphatic rings. The minimum atomic E-state index is -0.412. The number of rotatable bonds is 3. The van der Waals surface area contributed by atoms with Crippen LogP contribution in [0.5, 0.6) is 0 Å². The molecule has 0 saturated carbocycles. The topological polar surface area (TPSA) is 56.0 Å². The van der Waals surface area contributed by atoms with Crippen LogP contribution in [0.4, 0.5) is 5.69 Å². The highest BCUT2D eigenvalue weighted by atomic mass is 32.1. The zero-order valence-corrected chi connectivity index (χ0v) is 9.87. The number of benzene rings is 1. The number of non-ortho nitro benzene ring substituents is 1. The van der Waals surface area contributed by atoms with Crippen molar-refractivity contribution in [3.05, 3.63) is 44.8 Å². The molecule has 0 bridgehead atoms. The molecule has 2 rings (SSSR count). The first-order valence-electron chi connectivity index (χ1n) is 4.50. The third kappa shape index (κ3) is 2.07. The van der Waals surface area contributed by atoms with Crippen LogP contribution in [0.25, 0.3) is 11.3 Å². The minimum absolute atomic E-state index is 0.0893. The number of nitro benzene ring substituents is 1. The van der Waals surface area contributed by atoms with Gasteiger partial charge in [-0.05, 0) is 12.1 Å². The van der Waals surface area contributed by atoms with Gasteiger partial charge in [0.25, 0.3) is 5.69 Å². The molecule has 0 radical (unpaired) electrons. The lowest BCUT2D eigenvalue weighted by Gasteiger charge is -1.99. The van der Waals surface area contributed by atoms with Crippen molar-refractivity contribution >= 4 is 29.7 Å². The fraction of sp³-hybridized carbons (Fsp3) is 0.100. The van der Waals surface area contributed by atoms with Gasteiger partial charge in [0.2, 0.25) is 0 Å². The fourth-order valence-electron chi connectivity index (χ4n) is 1.36. The Morgan fingerprint density at radius 3 is 2.62 bits per heavy atom. The van der Waals surface area contributed by atoms with E-state index in [0.29, 0.717) is 5.75 Å². The van der Waals surface area contributed by atoms with Crippen LogP contribution >= 0.6 is 24.0 Å². The second kappa shape index (κ2) is 4.63. The third-order valence-corrected chi connectivity index (χ3v) is 3.50. The molecule has 2 aromatic rings. The molecule has 1 aromatic carbocycles. The van der Waals surface area contributed by atoms with E-state index in [1.165, 1.54) is 23.5 Å². The Morgan fingerprint density at radius 1 is 1.38 bits per heavy atom. The number of thiazole rings is 1. The smallest absolute Gasteiger partial charge is 0.258 e. The Labute approximate surface area is 102 Å². The monoisotopic (exact) mass is 252 g/mol. The van der Waals surface area contributed by atoms with E-state index >= 15 is 0 Å². The van der Waals surface area contributed by atoms with Gasteiger partial charge in [0.05, 0.1) is 16.1 Å². The van der Waals surface area contributed by atoms with E-state index in [-0.39, 0.29) is 5.69 Å². The molecular formula is C10H8N2O2S2. The van der Waals surface area contributed by atoms with E-state index in [0.717, 1.165) is 16.1 Å². The fourth-order valence-corrected chi connectivity index (χ4v) is 2.37. The molecule has 0 atom stereocenters. The maximum Gasteiger partial charge on any atom is 0.269 e. The molecule has 6 heteroatoms. The van der Waals surface area contributed by atoms with Crippen LogP contribution in [0.3, 0.4) is 0 Å². The zero-order chi connectivity index (χ0) is 11.5. The molecule has 0 aliphatic heterocycles. The second-order valence-corrected chi connectivity index (χ2v) is 4.34. The summed E-state index contributed by atoms with van der Waals surface area (Å²) >= 11 is 5.74. The van der Waals surface area contributed by atoms with Crippen LogP contribution in [0.15, 0.2) is 29.8 Å². The quantitative estimate of drug-likeness (QED) is 0.518. The summed E-state index contributed by atoms with van der Waals surface area (Å²) in [5.74, 6) is 0.622. The lowest BCUT2D eigenvalue weighted by molar-refractivity contribution is -0.384. The Bertz CT molecular complexity index is 508. The molecule has 1 aromatic heterocycles. The van der Waals surface area contributed by atoms with Gasteiger partial charge in [-0.3, -0.25) is 10.1 Å². The van der Waals surface area contributed by atoms with E-state index in [9.17, 15) is 10.1 Å². The SMILES string of the molecule is O=[N+]([O-])c1ccc(-c2ncsc2CS)cc1. The summed E-state index contributed by atoms with van der Waals surface area (Å²) in [6.45, 7) is 0. The predicted octanol–water partition coefficient (Wildman–Crippen LogP) is 3.15. The number of nitro groups is 1. The Hall–Kier alpha value is -1.40. The molecule has 0 unspecified atom stereocenters. The summed E-state index contributed by atoms with van der Waals surface area (Å²) in [7, 11) is 0. The summed E-state index contributed by atoms with van der Waals surface area (Å²) in [5.41, 5.74) is 3.58. The minimum Gasteiger partial charge on any atom is -0.258 e. The highest BCUT2D eigenvalue weighted by Crippen LogP contribution is 2.27. The molecule has 16 heavy (non-hydrogen) atoms. The maximum atomic E-state index is 10.5. The normalized spacial score (nSPS) is 10.3. The standard InChI is InChI=1S/C10H8N2O2S2/c13-12(14)8-3-1-7(2-4-8)10-9(5-15)16-6-11-10/h1-4,6,15H,5H2. The van der Waals surface area contributed by atoms with Crippen molar-refractivity contribution < 1.29 is 4.92 Å². The number of hydrogen-bond acceptors (Lipinski definition) is 5. The number of aromatic nitrogens is 1. The van der Waals surface area contributed by atoms with Crippen molar-refractivity contribution in [3.8, 4) is 11.3 Å². The molecule has 4 nitrogen and oxygen atoms in total.